The summed E-state index contributed by atoms with van der Waals surface area (Å²) < 4.78 is 15.5. The van der Waals surface area contributed by atoms with Crippen LogP contribution in [0.15, 0.2) is 29.6 Å². The van der Waals surface area contributed by atoms with Gasteiger partial charge in [-0.25, -0.2) is 4.98 Å². The van der Waals surface area contributed by atoms with E-state index < -0.39 is 11.9 Å². The molecule has 7 nitrogen and oxygen atoms in total. The number of methoxy groups -OCH3 is 1. The van der Waals surface area contributed by atoms with E-state index in [4.69, 9.17) is 14.2 Å². The maximum Gasteiger partial charge on any atom is 0.309 e. The molecule has 0 aliphatic rings. The van der Waals surface area contributed by atoms with Crippen LogP contribution in [-0.2, 0) is 14.3 Å². The molecular formula is C16H18N2O5S. The van der Waals surface area contributed by atoms with E-state index in [0.717, 1.165) is 5.69 Å². The van der Waals surface area contributed by atoms with Gasteiger partial charge in [0.1, 0.15) is 0 Å². The summed E-state index contributed by atoms with van der Waals surface area (Å²) in [5.41, 5.74) is 0.820. The number of nitrogens with zero attached hydrogens (tertiary/aromatic N) is 1. The molecule has 1 aromatic carbocycles. The molecule has 0 aliphatic heterocycles. The summed E-state index contributed by atoms with van der Waals surface area (Å²) in [4.78, 5) is 27.3. The van der Waals surface area contributed by atoms with Gasteiger partial charge < -0.3 is 14.2 Å². The fourth-order valence-electron chi connectivity index (χ4n) is 1.77. The van der Waals surface area contributed by atoms with Crippen molar-refractivity contribution in [3.63, 3.8) is 0 Å². The van der Waals surface area contributed by atoms with Crippen molar-refractivity contribution in [3.8, 4) is 11.5 Å². The van der Waals surface area contributed by atoms with E-state index in [2.05, 4.69) is 10.3 Å². The second-order valence-electron chi connectivity index (χ2n) is 4.75. The van der Waals surface area contributed by atoms with Crippen LogP contribution >= 0.6 is 11.3 Å². The molecule has 2 aromatic rings. The van der Waals surface area contributed by atoms with Crippen LogP contribution in [0.3, 0.4) is 0 Å². The predicted molar refractivity (Wildman–Crippen MR) is 89.5 cm³/mol. The maximum atomic E-state index is 11.6. The first kappa shape index (κ1) is 17.7. The Labute approximate surface area is 143 Å². The molecule has 0 fully saturated rings. The number of ether oxygens (including phenoxy) is 3. The number of aryl methyl sites for hydroxylation is 1. The van der Waals surface area contributed by atoms with Crippen molar-refractivity contribution in [2.24, 2.45) is 0 Å². The monoisotopic (exact) mass is 350 g/mol. The Kier molecular flexibility index (Phi) is 6.56. The molecule has 1 aromatic heterocycles. The van der Waals surface area contributed by atoms with Crippen LogP contribution in [0.5, 0.6) is 11.5 Å². The highest BCUT2D eigenvalue weighted by molar-refractivity contribution is 7.13. The Bertz CT molecular complexity index is 701. The van der Waals surface area contributed by atoms with E-state index in [0.29, 0.717) is 16.6 Å². The van der Waals surface area contributed by atoms with Crippen LogP contribution in [0.2, 0.25) is 0 Å². The lowest BCUT2D eigenvalue weighted by Gasteiger charge is -2.10. The third kappa shape index (κ3) is 5.54. The molecule has 0 saturated heterocycles. The molecule has 1 heterocycles. The van der Waals surface area contributed by atoms with Crippen LogP contribution in [0, 0.1) is 6.92 Å². The van der Waals surface area contributed by atoms with Crippen LogP contribution in [0.1, 0.15) is 12.1 Å². The van der Waals surface area contributed by atoms with Crippen LogP contribution in [-0.4, -0.2) is 37.2 Å². The summed E-state index contributed by atoms with van der Waals surface area (Å²) in [5.74, 6) is 0.187. The zero-order valence-electron chi connectivity index (χ0n) is 13.4. The van der Waals surface area contributed by atoms with Crippen molar-refractivity contribution < 1.29 is 23.8 Å². The molecular weight excluding hydrogens is 332 g/mol. The molecule has 0 atom stereocenters. The third-order valence-electron chi connectivity index (χ3n) is 2.86. The van der Waals surface area contributed by atoms with Gasteiger partial charge in [-0.05, 0) is 19.1 Å². The first-order valence-corrected chi connectivity index (χ1v) is 8.10. The Morgan fingerprint density at radius 3 is 2.67 bits per heavy atom. The smallest absolute Gasteiger partial charge is 0.309 e. The highest BCUT2D eigenvalue weighted by Gasteiger charge is 2.10. The molecule has 0 radical (unpaired) electrons. The van der Waals surface area contributed by atoms with Gasteiger partial charge in [0, 0.05) is 5.38 Å². The van der Waals surface area contributed by atoms with Crippen molar-refractivity contribution in [1.29, 1.82) is 0 Å². The van der Waals surface area contributed by atoms with E-state index in [9.17, 15) is 9.59 Å². The Morgan fingerprint density at radius 2 is 2.00 bits per heavy atom. The molecule has 0 spiro atoms. The number of nitrogens with one attached hydrogen (secondary N) is 1. The number of hydrogen-bond acceptors (Lipinski definition) is 7. The summed E-state index contributed by atoms with van der Waals surface area (Å²) in [7, 11) is 1.54. The van der Waals surface area contributed by atoms with Crippen molar-refractivity contribution in [1.82, 2.24) is 4.98 Å². The standard InChI is InChI=1S/C16H18N2O5S/c1-11-10-24-16(17-11)18-14(19)9-23-15(20)7-8-22-13-6-4-3-5-12(13)21-2/h3-6,10H,7-9H2,1-2H3,(H,17,18,19). The van der Waals surface area contributed by atoms with E-state index in [1.165, 1.54) is 11.3 Å². The number of anilines is 1. The number of carbonyl (C=O) groups is 2. The number of benzene rings is 1. The van der Waals surface area contributed by atoms with Gasteiger partial charge >= 0.3 is 5.97 Å². The van der Waals surface area contributed by atoms with Crippen LogP contribution in [0.4, 0.5) is 5.13 Å². The second-order valence-corrected chi connectivity index (χ2v) is 5.61. The first-order valence-electron chi connectivity index (χ1n) is 7.22. The van der Waals surface area contributed by atoms with Crippen molar-refractivity contribution >= 4 is 28.3 Å². The number of carbonyl (C=O) groups excluding carboxylic acids is 2. The number of amides is 1. The van der Waals surface area contributed by atoms with Gasteiger partial charge in [-0.3, -0.25) is 14.9 Å². The highest BCUT2D eigenvalue weighted by Crippen LogP contribution is 2.25. The highest BCUT2D eigenvalue weighted by atomic mass is 32.1. The largest absolute Gasteiger partial charge is 0.493 e. The minimum atomic E-state index is -0.518. The lowest BCUT2D eigenvalue weighted by molar-refractivity contribution is -0.147. The molecule has 128 valence electrons. The minimum absolute atomic E-state index is 0.0295. The summed E-state index contributed by atoms with van der Waals surface area (Å²) >= 11 is 1.31. The Morgan fingerprint density at radius 1 is 1.25 bits per heavy atom. The second kappa shape index (κ2) is 8.88. The number of thiazole rings is 1. The molecule has 0 bridgehead atoms. The quantitative estimate of drug-likeness (QED) is 0.736. The predicted octanol–water partition coefficient (Wildman–Crippen LogP) is 2.41. The van der Waals surface area contributed by atoms with Gasteiger partial charge in [-0.15, -0.1) is 11.3 Å². The van der Waals surface area contributed by atoms with Gasteiger partial charge in [0.05, 0.1) is 25.8 Å². The topological polar surface area (TPSA) is 86.8 Å². The van der Waals surface area contributed by atoms with Crippen molar-refractivity contribution in [2.45, 2.75) is 13.3 Å². The van der Waals surface area contributed by atoms with Crippen molar-refractivity contribution in [2.75, 3.05) is 25.6 Å². The minimum Gasteiger partial charge on any atom is -0.493 e. The molecule has 2 rings (SSSR count). The number of esters is 1. The van der Waals surface area contributed by atoms with Gasteiger partial charge in [0.25, 0.3) is 5.91 Å². The number of aromatic nitrogens is 1. The Hall–Kier alpha value is -2.61. The van der Waals surface area contributed by atoms with E-state index in [-0.39, 0.29) is 19.6 Å². The molecule has 8 heteroatoms. The summed E-state index contributed by atoms with van der Waals surface area (Å²) in [5, 5.41) is 4.85. The third-order valence-corrected chi connectivity index (χ3v) is 3.74. The van der Waals surface area contributed by atoms with Gasteiger partial charge in [0.2, 0.25) is 0 Å². The van der Waals surface area contributed by atoms with E-state index in [1.54, 1.807) is 25.3 Å². The van der Waals surface area contributed by atoms with Gasteiger partial charge in [0.15, 0.2) is 23.2 Å². The van der Waals surface area contributed by atoms with Gasteiger partial charge in [-0.1, -0.05) is 12.1 Å². The summed E-state index contributed by atoms with van der Waals surface area (Å²) in [6, 6.07) is 7.13. The number of para-hydroxylation sites is 2. The SMILES string of the molecule is COc1ccccc1OCCC(=O)OCC(=O)Nc1nc(C)cs1. The van der Waals surface area contributed by atoms with E-state index in [1.807, 2.05) is 18.4 Å². The zero-order valence-corrected chi connectivity index (χ0v) is 14.2. The molecule has 0 saturated carbocycles. The number of hydrogen-bond donors (Lipinski definition) is 1. The normalized spacial score (nSPS) is 10.1. The average Bonchev–Trinajstić information content (AvgIpc) is 2.98. The lowest BCUT2D eigenvalue weighted by Crippen LogP contribution is -2.21. The molecule has 1 N–H and O–H groups in total. The van der Waals surface area contributed by atoms with E-state index >= 15 is 0 Å². The maximum absolute atomic E-state index is 11.6. The van der Waals surface area contributed by atoms with Crippen molar-refractivity contribution in [3.05, 3.63) is 35.3 Å². The van der Waals surface area contributed by atoms with Crippen LogP contribution < -0.4 is 14.8 Å². The molecule has 0 unspecified atom stereocenters. The number of rotatable bonds is 8. The fraction of sp³-hybridized carbons (Fsp3) is 0.312. The summed E-state index contributed by atoms with van der Waals surface area (Å²) in [6.07, 6.45) is 0.0295. The lowest BCUT2D eigenvalue weighted by atomic mass is 10.3. The molecule has 0 aliphatic carbocycles. The summed E-state index contributed by atoms with van der Waals surface area (Å²) in [6.45, 7) is 1.60. The Balaban J connectivity index is 1.67. The van der Waals surface area contributed by atoms with Crippen LogP contribution in [0.25, 0.3) is 0 Å². The zero-order chi connectivity index (χ0) is 17.4. The van der Waals surface area contributed by atoms with Gasteiger partial charge in [-0.2, -0.15) is 0 Å². The molecule has 24 heavy (non-hydrogen) atoms. The first-order chi connectivity index (χ1) is 11.6. The average molecular weight is 350 g/mol. The fourth-order valence-corrected chi connectivity index (χ4v) is 2.47. The molecule has 1 amide bonds.